The number of halogens is 1. The first-order chi connectivity index (χ1) is 11.8. The summed E-state index contributed by atoms with van der Waals surface area (Å²) in [6, 6.07) is 16.3. The second-order valence-corrected chi connectivity index (χ2v) is 6.99. The quantitative estimate of drug-likeness (QED) is 0.726. The third kappa shape index (κ3) is 2.04. The topological polar surface area (TPSA) is 24.9 Å². The van der Waals surface area contributed by atoms with Crippen molar-refractivity contribution in [3.05, 3.63) is 71.7 Å². The molecule has 0 aliphatic heterocycles. The van der Waals surface area contributed by atoms with Gasteiger partial charge in [0, 0.05) is 12.2 Å². The number of anilines is 1. The lowest BCUT2D eigenvalue weighted by molar-refractivity contribution is 0.194. The number of aryl methyl sites for hydroxylation is 1. The zero-order valence-corrected chi connectivity index (χ0v) is 13.4. The molecule has 1 aromatic heterocycles. The fourth-order valence-corrected chi connectivity index (χ4v) is 4.55. The van der Waals surface area contributed by atoms with Crippen molar-refractivity contribution in [3.63, 3.8) is 0 Å². The van der Waals surface area contributed by atoms with E-state index in [2.05, 4.69) is 34.6 Å². The van der Waals surface area contributed by atoms with Crippen LogP contribution in [0.2, 0.25) is 0 Å². The molecule has 2 aromatic carbocycles. The van der Waals surface area contributed by atoms with Crippen LogP contribution in [0.3, 0.4) is 0 Å². The largest absolute Gasteiger partial charge is 0.366 e. The Morgan fingerprint density at radius 1 is 1.04 bits per heavy atom. The predicted octanol–water partition coefficient (Wildman–Crippen LogP) is 4.90. The number of rotatable bonds is 2. The molecule has 3 heteroatoms. The molecular weight excluding hydrogens is 299 g/mol. The van der Waals surface area contributed by atoms with Crippen molar-refractivity contribution < 1.29 is 4.39 Å². The molecule has 1 fully saturated rings. The third-order valence-electron chi connectivity index (χ3n) is 5.81. The lowest BCUT2D eigenvalue weighted by atomic mass is 9.60. The second-order valence-electron chi connectivity index (χ2n) is 6.99. The summed E-state index contributed by atoms with van der Waals surface area (Å²) in [5.74, 6) is 1.76. The van der Waals surface area contributed by atoms with E-state index in [0.717, 1.165) is 18.2 Å². The maximum atomic E-state index is 14.3. The molecule has 1 saturated carbocycles. The van der Waals surface area contributed by atoms with Crippen molar-refractivity contribution in [2.75, 3.05) is 5.32 Å². The number of nitrogens with one attached hydrogen (secondary N) is 1. The molecule has 3 aromatic rings. The van der Waals surface area contributed by atoms with Gasteiger partial charge in [0.1, 0.15) is 11.6 Å². The molecule has 0 spiro atoms. The number of fused-ring (bicyclic) bond motifs is 4. The standard InChI is InChI=1S/C21H19FN2/c22-18-7-3-5-14-10-11-23-21(20(14)18)24-19-12-17-15-6-2-1-4-13(15)8-9-16(17)19/h1-7,10-11,16-17,19H,8-9,12H2,(H,23,24). The summed E-state index contributed by atoms with van der Waals surface area (Å²) >= 11 is 0. The van der Waals surface area contributed by atoms with Gasteiger partial charge in [-0.1, -0.05) is 36.4 Å². The third-order valence-corrected chi connectivity index (χ3v) is 5.81. The van der Waals surface area contributed by atoms with E-state index in [0.29, 0.717) is 29.1 Å². The lowest BCUT2D eigenvalue weighted by Gasteiger charge is -2.49. The molecule has 2 aliphatic rings. The van der Waals surface area contributed by atoms with Gasteiger partial charge in [0.05, 0.1) is 5.39 Å². The van der Waals surface area contributed by atoms with Crippen LogP contribution in [0.4, 0.5) is 10.2 Å². The average molecular weight is 318 g/mol. The van der Waals surface area contributed by atoms with E-state index in [4.69, 9.17) is 0 Å². The molecular formula is C21H19FN2. The SMILES string of the molecule is Fc1cccc2ccnc(NC3CC4c5ccccc5CCC34)c12. The summed E-state index contributed by atoms with van der Waals surface area (Å²) in [5.41, 5.74) is 3.02. The van der Waals surface area contributed by atoms with E-state index in [-0.39, 0.29) is 5.82 Å². The molecule has 24 heavy (non-hydrogen) atoms. The first-order valence-corrected chi connectivity index (χ1v) is 8.69. The number of nitrogens with zero attached hydrogens (tertiary/aromatic N) is 1. The Labute approximate surface area is 140 Å². The summed E-state index contributed by atoms with van der Waals surface area (Å²) in [5, 5.41) is 5.05. The summed E-state index contributed by atoms with van der Waals surface area (Å²) in [6.07, 6.45) is 5.21. The summed E-state index contributed by atoms with van der Waals surface area (Å²) in [7, 11) is 0. The molecule has 0 bridgehead atoms. The molecule has 5 rings (SSSR count). The highest BCUT2D eigenvalue weighted by molar-refractivity contribution is 5.92. The monoisotopic (exact) mass is 318 g/mol. The van der Waals surface area contributed by atoms with Crippen LogP contribution in [-0.2, 0) is 6.42 Å². The van der Waals surface area contributed by atoms with Gasteiger partial charge in [-0.15, -0.1) is 0 Å². The summed E-state index contributed by atoms with van der Waals surface area (Å²) < 4.78 is 14.3. The van der Waals surface area contributed by atoms with Gasteiger partial charge in [0.15, 0.2) is 0 Å². The van der Waals surface area contributed by atoms with Crippen molar-refractivity contribution in [3.8, 4) is 0 Å². The van der Waals surface area contributed by atoms with E-state index in [1.807, 2.05) is 12.1 Å². The van der Waals surface area contributed by atoms with Gasteiger partial charge >= 0.3 is 0 Å². The van der Waals surface area contributed by atoms with Crippen LogP contribution in [-0.4, -0.2) is 11.0 Å². The Hall–Kier alpha value is -2.42. The maximum Gasteiger partial charge on any atom is 0.137 e. The fraction of sp³-hybridized carbons (Fsp3) is 0.286. The Morgan fingerprint density at radius 3 is 2.92 bits per heavy atom. The zero-order chi connectivity index (χ0) is 16.1. The Balaban J connectivity index is 1.44. The van der Waals surface area contributed by atoms with Crippen LogP contribution in [0.1, 0.15) is 29.9 Å². The molecule has 0 saturated heterocycles. The van der Waals surface area contributed by atoms with Crippen molar-refractivity contribution in [1.29, 1.82) is 0 Å². The smallest absolute Gasteiger partial charge is 0.137 e. The summed E-state index contributed by atoms with van der Waals surface area (Å²) in [6.45, 7) is 0. The van der Waals surface area contributed by atoms with Crippen LogP contribution in [0.15, 0.2) is 54.7 Å². The van der Waals surface area contributed by atoms with E-state index in [1.54, 1.807) is 12.3 Å². The molecule has 120 valence electrons. The molecule has 3 unspecified atom stereocenters. The molecule has 0 amide bonds. The van der Waals surface area contributed by atoms with Gasteiger partial charge in [0.2, 0.25) is 0 Å². The zero-order valence-electron chi connectivity index (χ0n) is 13.4. The average Bonchev–Trinajstić information content (AvgIpc) is 2.59. The highest BCUT2D eigenvalue weighted by Gasteiger charge is 2.44. The van der Waals surface area contributed by atoms with Crippen LogP contribution in [0, 0.1) is 11.7 Å². The van der Waals surface area contributed by atoms with Gasteiger partial charge < -0.3 is 5.32 Å². The molecule has 2 aliphatic carbocycles. The van der Waals surface area contributed by atoms with Crippen LogP contribution in [0.25, 0.3) is 10.8 Å². The summed E-state index contributed by atoms with van der Waals surface area (Å²) in [4.78, 5) is 4.42. The van der Waals surface area contributed by atoms with E-state index in [9.17, 15) is 4.39 Å². The normalized spacial score (nSPS) is 24.8. The van der Waals surface area contributed by atoms with Crippen LogP contribution >= 0.6 is 0 Å². The lowest BCUT2D eigenvalue weighted by Crippen LogP contribution is -2.47. The minimum atomic E-state index is -0.201. The Morgan fingerprint density at radius 2 is 1.96 bits per heavy atom. The molecule has 2 nitrogen and oxygen atoms in total. The van der Waals surface area contributed by atoms with Crippen LogP contribution in [0.5, 0.6) is 0 Å². The van der Waals surface area contributed by atoms with Crippen LogP contribution < -0.4 is 5.32 Å². The number of benzene rings is 2. The minimum absolute atomic E-state index is 0.201. The van der Waals surface area contributed by atoms with E-state index < -0.39 is 0 Å². The number of hydrogen-bond acceptors (Lipinski definition) is 2. The van der Waals surface area contributed by atoms with Crippen molar-refractivity contribution in [2.24, 2.45) is 5.92 Å². The van der Waals surface area contributed by atoms with Gasteiger partial charge in [-0.25, -0.2) is 9.37 Å². The Bertz CT molecular complexity index is 915. The Kier molecular flexibility index (Phi) is 3.09. The number of hydrogen-bond donors (Lipinski definition) is 1. The number of aromatic nitrogens is 1. The van der Waals surface area contributed by atoms with E-state index in [1.165, 1.54) is 23.6 Å². The first kappa shape index (κ1) is 14.0. The maximum absolute atomic E-state index is 14.3. The first-order valence-electron chi connectivity index (χ1n) is 8.69. The minimum Gasteiger partial charge on any atom is -0.366 e. The van der Waals surface area contributed by atoms with Gasteiger partial charge in [0.25, 0.3) is 0 Å². The van der Waals surface area contributed by atoms with E-state index >= 15 is 0 Å². The van der Waals surface area contributed by atoms with Gasteiger partial charge in [-0.2, -0.15) is 0 Å². The van der Waals surface area contributed by atoms with Gasteiger partial charge in [-0.3, -0.25) is 0 Å². The van der Waals surface area contributed by atoms with Gasteiger partial charge in [-0.05, 0) is 59.7 Å². The van der Waals surface area contributed by atoms with Crippen molar-refractivity contribution in [1.82, 2.24) is 4.98 Å². The predicted molar refractivity (Wildman–Crippen MR) is 94.7 cm³/mol. The molecule has 3 atom stereocenters. The molecule has 0 radical (unpaired) electrons. The van der Waals surface area contributed by atoms with Crippen molar-refractivity contribution >= 4 is 16.6 Å². The highest BCUT2D eigenvalue weighted by Crippen LogP contribution is 2.50. The second kappa shape index (κ2) is 5.30. The highest BCUT2D eigenvalue weighted by atomic mass is 19.1. The molecule has 1 N–H and O–H groups in total. The fourth-order valence-electron chi connectivity index (χ4n) is 4.55. The molecule has 1 heterocycles. The van der Waals surface area contributed by atoms with Crippen molar-refractivity contribution in [2.45, 2.75) is 31.2 Å². The number of pyridine rings is 1.